The third-order valence-electron chi connectivity index (χ3n) is 3.55. The van der Waals surface area contributed by atoms with E-state index in [4.69, 9.17) is 25.5 Å². The molecule has 1 unspecified atom stereocenters. The van der Waals surface area contributed by atoms with Crippen LogP contribution >= 0.6 is 11.6 Å². The summed E-state index contributed by atoms with van der Waals surface area (Å²) in [5.74, 6) is -1.44. The minimum Gasteiger partial charge on any atom is -0.495 e. The molecular weight excluding hydrogens is 376 g/mol. The Kier molecular flexibility index (Phi) is 6.84. The van der Waals surface area contributed by atoms with E-state index in [1.165, 1.54) is 26.4 Å². The number of hydrogen-bond donors (Lipinski definition) is 2. The first-order valence-electron chi connectivity index (χ1n) is 7.98. The second kappa shape index (κ2) is 9.09. The lowest BCUT2D eigenvalue weighted by Gasteiger charge is -2.16. The van der Waals surface area contributed by atoms with Crippen LogP contribution in [0, 0.1) is 6.92 Å². The molecule has 0 aliphatic carbocycles. The van der Waals surface area contributed by atoms with Gasteiger partial charge in [-0.1, -0.05) is 11.6 Å². The summed E-state index contributed by atoms with van der Waals surface area (Å²) in [5, 5.41) is 5.45. The molecule has 1 atom stereocenters. The fourth-order valence-electron chi connectivity index (χ4n) is 2.10. The quantitative estimate of drug-likeness (QED) is 0.699. The second-order valence-electron chi connectivity index (χ2n) is 5.58. The van der Waals surface area contributed by atoms with E-state index in [-0.39, 0.29) is 5.76 Å². The van der Waals surface area contributed by atoms with Crippen LogP contribution in [0.5, 0.6) is 5.75 Å². The van der Waals surface area contributed by atoms with Gasteiger partial charge >= 0.3 is 5.97 Å². The van der Waals surface area contributed by atoms with Crippen molar-refractivity contribution in [2.24, 2.45) is 0 Å². The van der Waals surface area contributed by atoms with E-state index in [0.29, 0.717) is 16.5 Å². The summed E-state index contributed by atoms with van der Waals surface area (Å²) in [7, 11) is 1.45. The summed E-state index contributed by atoms with van der Waals surface area (Å²) in [5.41, 5.74) is 1.15. The van der Waals surface area contributed by atoms with Gasteiger partial charge in [-0.3, -0.25) is 14.4 Å². The lowest BCUT2D eigenvalue weighted by molar-refractivity contribution is -0.152. The first kappa shape index (κ1) is 20.3. The summed E-state index contributed by atoms with van der Waals surface area (Å²) < 4.78 is 15.1. The Labute approximate surface area is 160 Å². The lowest BCUT2D eigenvalue weighted by atomic mass is 10.2. The molecule has 1 heterocycles. The van der Waals surface area contributed by atoms with Gasteiger partial charge in [0.1, 0.15) is 12.3 Å². The van der Waals surface area contributed by atoms with E-state index in [2.05, 4.69) is 10.6 Å². The fourth-order valence-corrected chi connectivity index (χ4v) is 2.26. The molecule has 2 rings (SSSR count). The average molecular weight is 395 g/mol. The largest absolute Gasteiger partial charge is 0.495 e. The van der Waals surface area contributed by atoms with Crippen molar-refractivity contribution in [3.8, 4) is 5.75 Å². The molecule has 0 bridgehead atoms. The minimum atomic E-state index is -1.08. The van der Waals surface area contributed by atoms with Gasteiger partial charge in [0.15, 0.2) is 11.9 Å². The number of carbonyl (C=O) groups is 3. The van der Waals surface area contributed by atoms with E-state index in [1.54, 1.807) is 25.1 Å². The number of carbonyl (C=O) groups excluding carboxylic acids is 3. The third kappa shape index (κ3) is 5.49. The van der Waals surface area contributed by atoms with Crippen LogP contribution in [0.3, 0.4) is 0 Å². The number of benzene rings is 1. The molecule has 2 aromatic rings. The maximum atomic E-state index is 12.3. The van der Waals surface area contributed by atoms with E-state index in [9.17, 15) is 14.4 Å². The molecule has 1 aromatic carbocycles. The topological polar surface area (TPSA) is 107 Å². The predicted molar refractivity (Wildman–Crippen MR) is 98.0 cm³/mol. The van der Waals surface area contributed by atoms with Crippen molar-refractivity contribution in [2.45, 2.75) is 20.0 Å². The predicted octanol–water partition coefficient (Wildman–Crippen LogP) is 2.55. The Morgan fingerprint density at radius 1 is 1.30 bits per heavy atom. The van der Waals surface area contributed by atoms with Gasteiger partial charge in [-0.2, -0.15) is 0 Å². The van der Waals surface area contributed by atoms with E-state index in [0.717, 1.165) is 5.56 Å². The molecule has 0 aliphatic rings. The van der Waals surface area contributed by atoms with Gasteiger partial charge in [0.25, 0.3) is 11.8 Å². The van der Waals surface area contributed by atoms with Gasteiger partial charge in [-0.15, -0.1) is 0 Å². The Morgan fingerprint density at radius 2 is 2.04 bits per heavy atom. The molecule has 9 heteroatoms. The number of halogens is 1. The molecule has 1 aromatic heterocycles. The molecule has 0 fully saturated rings. The van der Waals surface area contributed by atoms with Crippen LogP contribution in [0.25, 0.3) is 0 Å². The highest BCUT2D eigenvalue weighted by Gasteiger charge is 2.20. The molecule has 8 nitrogen and oxygen atoms in total. The first-order valence-corrected chi connectivity index (χ1v) is 8.35. The van der Waals surface area contributed by atoms with Crippen molar-refractivity contribution in [2.75, 3.05) is 19.0 Å². The average Bonchev–Trinajstić information content (AvgIpc) is 3.17. The summed E-state index contributed by atoms with van der Waals surface area (Å²) in [6, 6.07) is 6.23. The summed E-state index contributed by atoms with van der Waals surface area (Å²) in [6.45, 7) is 2.79. The van der Waals surface area contributed by atoms with Crippen molar-refractivity contribution in [3.63, 3.8) is 0 Å². The van der Waals surface area contributed by atoms with E-state index >= 15 is 0 Å². The van der Waals surface area contributed by atoms with Crippen molar-refractivity contribution >= 4 is 35.1 Å². The summed E-state index contributed by atoms with van der Waals surface area (Å²) in [6.07, 6.45) is 0.255. The molecule has 2 amide bonds. The van der Waals surface area contributed by atoms with Crippen LogP contribution < -0.4 is 15.4 Å². The standard InChI is InChI=1S/C18H19ClN2O6/c1-10-7-13(15(25-3)8-12(10)19)21-17(23)11(2)27-16(22)9-20-18(24)14-5-4-6-26-14/h4-8,11H,9H2,1-3H3,(H,20,24)(H,21,23). The van der Waals surface area contributed by atoms with Gasteiger partial charge < -0.3 is 24.5 Å². The van der Waals surface area contributed by atoms with Crippen LogP contribution in [-0.2, 0) is 14.3 Å². The smallest absolute Gasteiger partial charge is 0.326 e. The highest BCUT2D eigenvalue weighted by molar-refractivity contribution is 6.31. The molecule has 0 saturated carbocycles. The van der Waals surface area contributed by atoms with Crippen molar-refractivity contribution in [1.29, 1.82) is 0 Å². The third-order valence-corrected chi connectivity index (χ3v) is 3.96. The zero-order valence-corrected chi connectivity index (χ0v) is 15.8. The Morgan fingerprint density at radius 3 is 2.67 bits per heavy atom. The number of anilines is 1. The minimum absolute atomic E-state index is 0.0683. The van der Waals surface area contributed by atoms with Gasteiger partial charge in [-0.05, 0) is 37.6 Å². The zero-order chi connectivity index (χ0) is 20.0. The van der Waals surface area contributed by atoms with Gasteiger partial charge in [0, 0.05) is 11.1 Å². The van der Waals surface area contributed by atoms with Crippen molar-refractivity contribution in [3.05, 3.63) is 46.9 Å². The number of rotatable bonds is 7. The highest BCUT2D eigenvalue weighted by Crippen LogP contribution is 2.31. The molecule has 0 spiro atoms. The normalized spacial score (nSPS) is 11.4. The van der Waals surface area contributed by atoms with Crippen LogP contribution in [0.15, 0.2) is 34.9 Å². The van der Waals surface area contributed by atoms with Crippen molar-refractivity contribution < 1.29 is 28.3 Å². The number of ether oxygens (including phenoxy) is 2. The molecule has 144 valence electrons. The second-order valence-corrected chi connectivity index (χ2v) is 5.99. The van der Waals surface area contributed by atoms with Crippen LogP contribution in [0.1, 0.15) is 23.0 Å². The number of amides is 2. The van der Waals surface area contributed by atoms with Crippen LogP contribution in [-0.4, -0.2) is 37.5 Å². The number of furan rings is 1. The SMILES string of the molecule is COc1cc(Cl)c(C)cc1NC(=O)C(C)OC(=O)CNC(=O)c1ccco1. The Balaban J connectivity index is 1.89. The van der Waals surface area contributed by atoms with Gasteiger partial charge in [0.2, 0.25) is 0 Å². The molecular formula is C18H19ClN2O6. The number of nitrogens with one attached hydrogen (secondary N) is 2. The summed E-state index contributed by atoms with van der Waals surface area (Å²) in [4.78, 5) is 35.8. The summed E-state index contributed by atoms with van der Waals surface area (Å²) >= 11 is 6.03. The van der Waals surface area contributed by atoms with E-state index < -0.39 is 30.4 Å². The molecule has 0 saturated heterocycles. The van der Waals surface area contributed by atoms with Gasteiger partial charge in [-0.25, -0.2) is 0 Å². The molecule has 0 radical (unpaired) electrons. The van der Waals surface area contributed by atoms with Gasteiger partial charge in [0.05, 0.1) is 19.1 Å². The maximum absolute atomic E-state index is 12.3. The van der Waals surface area contributed by atoms with Crippen LogP contribution in [0.2, 0.25) is 5.02 Å². The number of hydrogen-bond acceptors (Lipinski definition) is 6. The number of aryl methyl sites for hydroxylation is 1. The fraction of sp³-hybridized carbons (Fsp3) is 0.278. The highest BCUT2D eigenvalue weighted by atomic mass is 35.5. The monoisotopic (exact) mass is 394 g/mol. The Bertz CT molecular complexity index is 835. The molecule has 2 N–H and O–H groups in total. The maximum Gasteiger partial charge on any atom is 0.326 e. The Hall–Kier alpha value is -3.00. The molecule has 0 aliphatic heterocycles. The number of methoxy groups -OCH3 is 1. The first-order chi connectivity index (χ1) is 12.8. The zero-order valence-electron chi connectivity index (χ0n) is 15.0. The lowest BCUT2D eigenvalue weighted by Crippen LogP contribution is -2.35. The van der Waals surface area contributed by atoms with Crippen molar-refractivity contribution in [1.82, 2.24) is 5.32 Å². The molecule has 27 heavy (non-hydrogen) atoms. The van der Waals surface area contributed by atoms with E-state index in [1.807, 2.05) is 0 Å². The van der Waals surface area contributed by atoms with Crippen LogP contribution in [0.4, 0.5) is 5.69 Å². The number of esters is 1.